The third-order valence-corrected chi connectivity index (χ3v) is 6.92. The molecule has 1 heterocycles. The topological polar surface area (TPSA) is 78.5 Å². The lowest BCUT2D eigenvalue weighted by Gasteiger charge is -2.25. The Morgan fingerprint density at radius 1 is 1.00 bits per heavy atom. The van der Waals surface area contributed by atoms with E-state index in [0.29, 0.717) is 18.7 Å². The number of carbonyl (C=O) groups is 1. The molecule has 0 saturated carbocycles. The maximum absolute atomic E-state index is 12.7. The molecule has 1 amide bonds. The second-order valence-corrected chi connectivity index (χ2v) is 9.26. The summed E-state index contributed by atoms with van der Waals surface area (Å²) < 4.78 is 65.0. The molecule has 1 saturated heterocycles. The van der Waals surface area contributed by atoms with Gasteiger partial charge < -0.3 is 10.6 Å². The molecule has 10 heteroatoms. The minimum Gasteiger partial charge on any atom is -0.376 e. The second-order valence-electron chi connectivity index (χ2n) is 7.32. The van der Waals surface area contributed by atoms with Gasteiger partial charge in [0.2, 0.25) is 15.9 Å². The number of sulfonamides is 1. The fourth-order valence-corrected chi connectivity index (χ4v) is 4.80. The van der Waals surface area contributed by atoms with Gasteiger partial charge in [-0.25, -0.2) is 8.42 Å². The lowest BCUT2D eigenvalue weighted by molar-refractivity contribution is -0.137. The molecular weight excluding hydrogens is 431 g/mol. The van der Waals surface area contributed by atoms with E-state index in [2.05, 4.69) is 10.6 Å². The van der Waals surface area contributed by atoms with E-state index in [1.807, 2.05) is 0 Å². The summed E-state index contributed by atoms with van der Waals surface area (Å²) in [6.45, 7) is 1.04. The maximum Gasteiger partial charge on any atom is 0.416 e. The van der Waals surface area contributed by atoms with Crippen LogP contribution in [0.15, 0.2) is 53.4 Å². The molecule has 0 spiro atoms. The summed E-state index contributed by atoms with van der Waals surface area (Å²) in [6, 6.07) is 10.9. The molecule has 3 rings (SSSR count). The van der Waals surface area contributed by atoms with Crippen molar-refractivity contribution in [3.8, 4) is 0 Å². The Hall–Kier alpha value is -2.59. The van der Waals surface area contributed by atoms with E-state index in [1.165, 1.54) is 28.6 Å². The first-order valence-corrected chi connectivity index (χ1v) is 11.4. The van der Waals surface area contributed by atoms with Crippen molar-refractivity contribution in [1.82, 2.24) is 9.62 Å². The van der Waals surface area contributed by atoms with Crippen LogP contribution in [0.2, 0.25) is 0 Å². The van der Waals surface area contributed by atoms with E-state index in [0.717, 1.165) is 31.4 Å². The van der Waals surface area contributed by atoms with Crippen LogP contribution < -0.4 is 10.6 Å². The Morgan fingerprint density at radius 3 is 2.32 bits per heavy atom. The average molecular weight is 456 g/mol. The molecule has 0 aliphatic carbocycles. The molecule has 2 N–H and O–H groups in total. The predicted octanol–water partition coefficient (Wildman–Crippen LogP) is 3.61. The number of benzene rings is 2. The van der Waals surface area contributed by atoms with Crippen molar-refractivity contribution < 1.29 is 26.4 Å². The van der Waals surface area contributed by atoms with Crippen molar-refractivity contribution >= 4 is 21.6 Å². The van der Waals surface area contributed by atoms with Crippen LogP contribution in [0.25, 0.3) is 0 Å². The van der Waals surface area contributed by atoms with Crippen LogP contribution in [0.5, 0.6) is 0 Å². The first-order valence-electron chi connectivity index (χ1n) is 9.93. The van der Waals surface area contributed by atoms with Crippen LogP contribution in [0.4, 0.5) is 18.9 Å². The summed E-state index contributed by atoms with van der Waals surface area (Å²) >= 11 is 0. The summed E-state index contributed by atoms with van der Waals surface area (Å²) in [4.78, 5) is 12.2. The predicted molar refractivity (Wildman–Crippen MR) is 111 cm³/mol. The Balaban J connectivity index is 1.50. The van der Waals surface area contributed by atoms with Gasteiger partial charge in [-0.1, -0.05) is 24.6 Å². The van der Waals surface area contributed by atoms with E-state index in [-0.39, 0.29) is 23.7 Å². The zero-order valence-electron chi connectivity index (χ0n) is 16.8. The number of halogens is 3. The first kappa shape index (κ1) is 23.1. The number of hydrogen-bond acceptors (Lipinski definition) is 4. The van der Waals surface area contributed by atoms with Crippen LogP contribution in [-0.4, -0.2) is 38.3 Å². The lowest BCUT2D eigenvalue weighted by atomic mass is 10.2. The van der Waals surface area contributed by atoms with Gasteiger partial charge in [-0.2, -0.15) is 17.5 Å². The molecule has 31 heavy (non-hydrogen) atoms. The summed E-state index contributed by atoms with van der Waals surface area (Å²) in [5.41, 5.74) is 0.111. The van der Waals surface area contributed by atoms with Crippen LogP contribution in [0.3, 0.4) is 0 Å². The van der Waals surface area contributed by atoms with Gasteiger partial charge in [0.05, 0.1) is 17.0 Å². The fraction of sp³-hybridized carbons (Fsp3) is 0.381. The van der Waals surface area contributed by atoms with Crippen molar-refractivity contribution in [3.05, 3.63) is 59.7 Å². The number of anilines is 1. The SMILES string of the molecule is O=C(CNc1cccc(C(F)(F)F)c1)NCc1ccc(S(=O)(=O)N2CCCCC2)cc1. The Labute approximate surface area is 179 Å². The highest BCUT2D eigenvalue weighted by molar-refractivity contribution is 7.89. The van der Waals surface area contributed by atoms with Crippen LogP contribution >= 0.6 is 0 Å². The van der Waals surface area contributed by atoms with Crippen molar-refractivity contribution in [1.29, 1.82) is 0 Å². The Bertz CT molecular complexity index is 1000. The van der Waals surface area contributed by atoms with Crippen LogP contribution in [0, 0.1) is 0 Å². The van der Waals surface area contributed by atoms with Gasteiger partial charge in [-0.3, -0.25) is 4.79 Å². The molecule has 0 aromatic heterocycles. The molecule has 0 bridgehead atoms. The quantitative estimate of drug-likeness (QED) is 0.669. The van der Waals surface area contributed by atoms with Gasteiger partial charge in [0, 0.05) is 25.3 Å². The van der Waals surface area contributed by atoms with Gasteiger partial charge in [-0.05, 0) is 48.7 Å². The number of carbonyl (C=O) groups excluding carboxylic acids is 1. The van der Waals surface area contributed by atoms with E-state index < -0.39 is 27.7 Å². The number of nitrogens with one attached hydrogen (secondary N) is 2. The second kappa shape index (κ2) is 9.69. The van der Waals surface area contributed by atoms with Crippen LogP contribution in [0.1, 0.15) is 30.4 Å². The normalized spacial score (nSPS) is 15.5. The number of nitrogens with zero attached hydrogens (tertiary/aromatic N) is 1. The average Bonchev–Trinajstić information content (AvgIpc) is 2.77. The van der Waals surface area contributed by atoms with Gasteiger partial charge in [0.25, 0.3) is 0 Å². The fourth-order valence-electron chi connectivity index (χ4n) is 3.28. The van der Waals surface area contributed by atoms with Crippen molar-refractivity contribution in [2.24, 2.45) is 0 Å². The monoisotopic (exact) mass is 455 g/mol. The van der Waals surface area contributed by atoms with Crippen molar-refractivity contribution in [2.75, 3.05) is 25.0 Å². The van der Waals surface area contributed by atoms with E-state index >= 15 is 0 Å². The number of amides is 1. The van der Waals surface area contributed by atoms with Gasteiger partial charge in [0.15, 0.2) is 0 Å². The highest BCUT2D eigenvalue weighted by Crippen LogP contribution is 2.30. The molecule has 2 aromatic rings. The zero-order chi connectivity index (χ0) is 22.5. The molecule has 1 aliphatic rings. The minimum atomic E-state index is -4.45. The third kappa shape index (κ3) is 6.20. The Kier molecular flexibility index (Phi) is 7.22. The molecule has 0 unspecified atom stereocenters. The summed E-state index contributed by atoms with van der Waals surface area (Å²) in [5.74, 6) is -0.401. The van der Waals surface area contributed by atoms with Crippen molar-refractivity contribution in [3.63, 3.8) is 0 Å². The molecule has 0 atom stereocenters. The standard InChI is InChI=1S/C21H24F3N3O3S/c22-21(23,24)17-5-4-6-18(13-17)25-15-20(28)26-14-16-7-9-19(10-8-16)31(29,30)27-11-2-1-3-12-27/h4-10,13,25H,1-3,11-12,14-15H2,(H,26,28). The highest BCUT2D eigenvalue weighted by atomic mass is 32.2. The molecule has 6 nitrogen and oxygen atoms in total. The van der Waals surface area contributed by atoms with E-state index in [4.69, 9.17) is 0 Å². The van der Waals surface area contributed by atoms with E-state index in [9.17, 15) is 26.4 Å². The third-order valence-electron chi connectivity index (χ3n) is 5.01. The number of alkyl halides is 3. The summed E-state index contributed by atoms with van der Waals surface area (Å²) in [5, 5.41) is 5.31. The molecule has 0 radical (unpaired) electrons. The largest absolute Gasteiger partial charge is 0.416 e. The number of piperidine rings is 1. The highest BCUT2D eigenvalue weighted by Gasteiger charge is 2.30. The molecule has 168 valence electrons. The number of hydrogen-bond donors (Lipinski definition) is 2. The lowest BCUT2D eigenvalue weighted by Crippen LogP contribution is -2.35. The van der Waals surface area contributed by atoms with E-state index in [1.54, 1.807) is 12.1 Å². The molecule has 1 aliphatic heterocycles. The minimum absolute atomic E-state index is 0.174. The van der Waals surface area contributed by atoms with Gasteiger partial charge in [-0.15, -0.1) is 0 Å². The van der Waals surface area contributed by atoms with Crippen LogP contribution in [-0.2, 0) is 27.5 Å². The Morgan fingerprint density at radius 2 is 1.68 bits per heavy atom. The van der Waals surface area contributed by atoms with Gasteiger partial charge in [0.1, 0.15) is 0 Å². The number of rotatable bonds is 7. The smallest absolute Gasteiger partial charge is 0.376 e. The first-order chi connectivity index (χ1) is 14.7. The summed E-state index contributed by atoms with van der Waals surface area (Å²) in [6.07, 6.45) is -1.70. The van der Waals surface area contributed by atoms with Crippen molar-refractivity contribution in [2.45, 2.75) is 36.9 Å². The molecule has 1 fully saturated rings. The maximum atomic E-state index is 12.7. The van der Waals surface area contributed by atoms with Gasteiger partial charge >= 0.3 is 6.18 Å². The molecular formula is C21H24F3N3O3S. The molecule has 2 aromatic carbocycles. The summed E-state index contributed by atoms with van der Waals surface area (Å²) in [7, 11) is -3.51. The zero-order valence-corrected chi connectivity index (χ0v) is 17.6.